The molecule has 10 aromatic rings. The highest BCUT2D eigenvalue weighted by molar-refractivity contribution is 6.10. The zero-order valence-electron chi connectivity index (χ0n) is 34.4. The van der Waals surface area contributed by atoms with Crippen molar-refractivity contribution in [1.82, 2.24) is 4.57 Å². The van der Waals surface area contributed by atoms with Crippen molar-refractivity contribution in [3.8, 4) is 39.1 Å². The van der Waals surface area contributed by atoms with Crippen molar-refractivity contribution in [3.63, 3.8) is 0 Å². The molecule has 2 heteroatoms. The Morgan fingerprint density at radius 2 is 0.883 bits per heavy atom. The van der Waals surface area contributed by atoms with Crippen LogP contribution in [0.5, 0.6) is 0 Å². The van der Waals surface area contributed by atoms with Gasteiger partial charge in [-0.2, -0.15) is 0 Å². The van der Waals surface area contributed by atoms with E-state index >= 15 is 0 Å². The van der Waals surface area contributed by atoms with Crippen molar-refractivity contribution in [2.24, 2.45) is 0 Å². The fourth-order valence-corrected chi connectivity index (χ4v) is 10.9. The molecule has 0 saturated heterocycles. The standard InChI is InChI=1S/C58H44N2/c1-57(2)47-25-9-5-22-44(47)55-49(57)27-15-31-53(55)60(54-32-16-28-50-56(54)45-23-6-10-26-48(45)58(50,3)4)39-19-13-18-38(35-39)41-24-14-17-37-33-34-40(36-46(37)41)59-51-29-11-7-20-42(51)43-21-8-12-30-52(43)59/h5-36H,1-4H3. The van der Waals surface area contributed by atoms with Crippen LogP contribution >= 0.6 is 0 Å². The maximum Gasteiger partial charge on any atom is 0.0543 e. The maximum absolute atomic E-state index is 2.56. The van der Waals surface area contributed by atoms with Crippen LogP contribution in [0.25, 0.3) is 71.6 Å². The molecule has 0 spiro atoms. The minimum Gasteiger partial charge on any atom is -0.309 e. The van der Waals surface area contributed by atoms with Gasteiger partial charge in [0, 0.05) is 44.1 Å². The third kappa shape index (κ3) is 4.82. The minimum atomic E-state index is -0.125. The number of benzene rings is 9. The molecule has 0 N–H and O–H groups in total. The molecule has 12 rings (SSSR count). The summed E-state index contributed by atoms with van der Waals surface area (Å²) >= 11 is 0. The Balaban J connectivity index is 1.10. The molecule has 0 bridgehead atoms. The summed E-state index contributed by atoms with van der Waals surface area (Å²) in [5, 5.41) is 4.99. The summed E-state index contributed by atoms with van der Waals surface area (Å²) in [4.78, 5) is 2.56. The van der Waals surface area contributed by atoms with Gasteiger partial charge >= 0.3 is 0 Å². The quantitative estimate of drug-likeness (QED) is 0.169. The molecule has 0 amide bonds. The van der Waals surface area contributed by atoms with Crippen LogP contribution < -0.4 is 4.90 Å². The van der Waals surface area contributed by atoms with Gasteiger partial charge < -0.3 is 9.47 Å². The smallest absolute Gasteiger partial charge is 0.0543 e. The van der Waals surface area contributed by atoms with Gasteiger partial charge in [-0.25, -0.2) is 0 Å². The molecule has 1 heterocycles. The Morgan fingerprint density at radius 1 is 0.383 bits per heavy atom. The number of nitrogens with zero attached hydrogens (tertiary/aromatic N) is 2. The molecule has 0 atom stereocenters. The van der Waals surface area contributed by atoms with Crippen LogP contribution in [-0.2, 0) is 10.8 Å². The zero-order chi connectivity index (χ0) is 40.3. The number of hydrogen-bond donors (Lipinski definition) is 0. The predicted octanol–water partition coefficient (Wildman–Crippen LogP) is 15.7. The first-order chi connectivity index (χ1) is 29.3. The molecule has 2 nitrogen and oxygen atoms in total. The number of fused-ring (bicyclic) bond motifs is 10. The second kappa shape index (κ2) is 12.7. The van der Waals surface area contributed by atoms with Crippen molar-refractivity contribution in [2.75, 3.05) is 4.90 Å². The predicted molar refractivity (Wildman–Crippen MR) is 254 cm³/mol. The zero-order valence-corrected chi connectivity index (χ0v) is 34.4. The SMILES string of the molecule is CC1(C)c2ccccc2-c2c(N(c3cccc(-c4cccc5ccc(-n6c7ccccc7c7ccccc76)cc45)c3)c3cccc4c3-c3ccccc3C4(C)C)cccc21. The van der Waals surface area contributed by atoms with Gasteiger partial charge in [0.25, 0.3) is 0 Å². The molecular formula is C58H44N2. The Bertz CT molecular complexity index is 3230. The molecule has 0 radical (unpaired) electrons. The van der Waals surface area contributed by atoms with Crippen LogP contribution in [0, 0.1) is 0 Å². The first kappa shape index (κ1) is 34.8. The second-order valence-electron chi connectivity index (χ2n) is 17.7. The molecule has 1 aromatic heterocycles. The summed E-state index contributed by atoms with van der Waals surface area (Å²) in [6.45, 7) is 9.50. The van der Waals surface area contributed by atoms with E-state index in [9.17, 15) is 0 Å². The van der Waals surface area contributed by atoms with Crippen molar-refractivity contribution in [3.05, 3.63) is 216 Å². The molecule has 0 fully saturated rings. The van der Waals surface area contributed by atoms with E-state index in [1.807, 2.05) is 0 Å². The summed E-state index contributed by atoms with van der Waals surface area (Å²) in [5.74, 6) is 0. The summed E-state index contributed by atoms with van der Waals surface area (Å²) < 4.78 is 2.42. The van der Waals surface area contributed by atoms with E-state index in [1.54, 1.807) is 0 Å². The van der Waals surface area contributed by atoms with Gasteiger partial charge in [0.1, 0.15) is 0 Å². The van der Waals surface area contributed by atoms with Gasteiger partial charge in [-0.05, 0) is 104 Å². The number of aromatic nitrogens is 1. The largest absolute Gasteiger partial charge is 0.309 e. The molecule has 9 aromatic carbocycles. The Labute approximate surface area is 351 Å². The topological polar surface area (TPSA) is 8.17 Å². The molecule has 0 unspecified atom stereocenters. The minimum absolute atomic E-state index is 0.125. The molecule has 2 aliphatic rings. The highest BCUT2D eigenvalue weighted by Crippen LogP contribution is 2.58. The summed E-state index contributed by atoms with van der Waals surface area (Å²) in [6, 6.07) is 72.4. The lowest BCUT2D eigenvalue weighted by Gasteiger charge is -2.31. The van der Waals surface area contributed by atoms with Crippen molar-refractivity contribution >= 4 is 49.6 Å². The van der Waals surface area contributed by atoms with Gasteiger partial charge in [0.15, 0.2) is 0 Å². The van der Waals surface area contributed by atoms with Gasteiger partial charge in [-0.1, -0.05) is 173 Å². The highest BCUT2D eigenvalue weighted by Gasteiger charge is 2.40. The number of hydrogen-bond acceptors (Lipinski definition) is 1. The van der Waals surface area contributed by atoms with Gasteiger partial charge in [-0.15, -0.1) is 0 Å². The number of anilines is 3. The number of rotatable bonds is 5. The Kier molecular flexibility index (Phi) is 7.36. The average Bonchev–Trinajstić information content (AvgIpc) is 3.84. The monoisotopic (exact) mass is 768 g/mol. The van der Waals surface area contributed by atoms with Crippen LogP contribution in [0.4, 0.5) is 17.1 Å². The van der Waals surface area contributed by atoms with Crippen LogP contribution in [0.1, 0.15) is 49.9 Å². The first-order valence-corrected chi connectivity index (χ1v) is 21.2. The van der Waals surface area contributed by atoms with Gasteiger partial charge in [0.2, 0.25) is 0 Å². The average molecular weight is 769 g/mol. The fraction of sp³-hybridized carbons (Fsp3) is 0.103. The van der Waals surface area contributed by atoms with Crippen molar-refractivity contribution in [1.29, 1.82) is 0 Å². The van der Waals surface area contributed by atoms with E-state index in [-0.39, 0.29) is 10.8 Å². The second-order valence-corrected chi connectivity index (χ2v) is 17.7. The number of para-hydroxylation sites is 2. The van der Waals surface area contributed by atoms with E-state index < -0.39 is 0 Å². The van der Waals surface area contributed by atoms with Crippen LogP contribution in [0.15, 0.2) is 194 Å². The molecule has 2 aliphatic carbocycles. The molecular weight excluding hydrogens is 725 g/mol. The summed E-state index contributed by atoms with van der Waals surface area (Å²) in [5.41, 5.74) is 20.0. The first-order valence-electron chi connectivity index (χ1n) is 21.2. The fourth-order valence-electron chi connectivity index (χ4n) is 10.9. The van der Waals surface area contributed by atoms with E-state index in [0.29, 0.717) is 0 Å². The van der Waals surface area contributed by atoms with E-state index in [1.165, 1.54) is 99.6 Å². The van der Waals surface area contributed by atoms with Gasteiger partial charge in [-0.3, -0.25) is 0 Å². The van der Waals surface area contributed by atoms with Crippen LogP contribution in [0.3, 0.4) is 0 Å². The lowest BCUT2D eigenvalue weighted by molar-refractivity contribution is 0.660. The Hall–Kier alpha value is -7.16. The van der Waals surface area contributed by atoms with Crippen LogP contribution in [-0.4, -0.2) is 4.57 Å². The van der Waals surface area contributed by atoms with E-state index in [0.717, 1.165) is 11.4 Å². The summed E-state index contributed by atoms with van der Waals surface area (Å²) in [7, 11) is 0. The van der Waals surface area contributed by atoms with Gasteiger partial charge in [0.05, 0.1) is 22.4 Å². The van der Waals surface area contributed by atoms with Crippen molar-refractivity contribution < 1.29 is 0 Å². The van der Waals surface area contributed by atoms with E-state index in [4.69, 9.17) is 0 Å². The normalized spacial score (nSPS) is 14.3. The molecule has 0 saturated carbocycles. The Morgan fingerprint density at radius 3 is 1.50 bits per heavy atom. The summed E-state index contributed by atoms with van der Waals surface area (Å²) in [6.07, 6.45) is 0. The highest BCUT2D eigenvalue weighted by atomic mass is 15.1. The lowest BCUT2D eigenvalue weighted by Crippen LogP contribution is -2.17. The maximum atomic E-state index is 2.56. The lowest BCUT2D eigenvalue weighted by atomic mass is 9.82. The third-order valence-corrected chi connectivity index (χ3v) is 13.8. The molecule has 60 heavy (non-hydrogen) atoms. The van der Waals surface area contributed by atoms with Crippen LogP contribution in [0.2, 0.25) is 0 Å². The third-order valence-electron chi connectivity index (χ3n) is 13.8. The molecule has 0 aliphatic heterocycles. The van der Waals surface area contributed by atoms with E-state index in [2.05, 4.69) is 231 Å². The van der Waals surface area contributed by atoms with Crippen molar-refractivity contribution in [2.45, 2.75) is 38.5 Å². The molecule has 286 valence electrons.